The van der Waals surface area contributed by atoms with E-state index in [0.717, 1.165) is 12.1 Å². The molecule has 0 saturated heterocycles. The fraction of sp³-hybridized carbons (Fsp3) is 0.0909. The van der Waals surface area contributed by atoms with Crippen molar-refractivity contribution in [1.82, 2.24) is 5.48 Å². The molecule has 3 N–H and O–H groups in total. The summed E-state index contributed by atoms with van der Waals surface area (Å²) < 4.78 is 40.5. The van der Waals surface area contributed by atoms with Crippen molar-refractivity contribution in [2.45, 2.75) is 12.3 Å². The van der Waals surface area contributed by atoms with Crippen molar-refractivity contribution in [3.05, 3.63) is 95.6 Å². The number of alkyl halides is 3. The zero-order valence-corrected chi connectivity index (χ0v) is 15.9. The van der Waals surface area contributed by atoms with Gasteiger partial charge in [0.2, 0.25) is 0 Å². The van der Waals surface area contributed by atoms with Gasteiger partial charge < -0.3 is 10.1 Å². The number of carbonyl (C=O) groups is 2. The lowest BCUT2D eigenvalue weighted by atomic mass is 9.90. The fourth-order valence-corrected chi connectivity index (χ4v) is 3.01. The summed E-state index contributed by atoms with van der Waals surface area (Å²) in [6.45, 7) is 0. The van der Waals surface area contributed by atoms with E-state index in [2.05, 4.69) is 10.1 Å². The Balaban J connectivity index is 1.79. The molecule has 0 aliphatic rings. The number of nitrogens with one attached hydrogen (secondary N) is 2. The molecular weight excluding hydrogens is 413 g/mol. The summed E-state index contributed by atoms with van der Waals surface area (Å²) in [4.78, 5) is 24.7. The Morgan fingerprint density at radius 3 is 2.13 bits per heavy atom. The van der Waals surface area contributed by atoms with Crippen molar-refractivity contribution >= 4 is 17.5 Å². The van der Waals surface area contributed by atoms with Crippen LogP contribution in [0, 0.1) is 0 Å². The molecule has 31 heavy (non-hydrogen) atoms. The van der Waals surface area contributed by atoms with Crippen molar-refractivity contribution in [3.8, 4) is 5.75 Å². The van der Waals surface area contributed by atoms with Crippen LogP contribution in [0.3, 0.4) is 0 Å². The van der Waals surface area contributed by atoms with Gasteiger partial charge in [-0.15, -0.1) is 13.2 Å². The van der Waals surface area contributed by atoms with Gasteiger partial charge in [0, 0.05) is 11.3 Å². The van der Waals surface area contributed by atoms with E-state index in [4.69, 9.17) is 5.21 Å². The Bertz CT molecular complexity index is 1050. The van der Waals surface area contributed by atoms with Crippen LogP contribution < -0.4 is 15.5 Å². The first-order chi connectivity index (χ1) is 14.8. The van der Waals surface area contributed by atoms with Crippen molar-refractivity contribution in [1.29, 1.82) is 0 Å². The van der Waals surface area contributed by atoms with Gasteiger partial charge in [0.25, 0.3) is 11.8 Å². The highest BCUT2D eigenvalue weighted by atomic mass is 19.4. The van der Waals surface area contributed by atoms with E-state index >= 15 is 0 Å². The van der Waals surface area contributed by atoms with Gasteiger partial charge in [-0.3, -0.25) is 14.8 Å². The molecule has 3 aromatic rings. The maximum absolute atomic E-state index is 12.5. The van der Waals surface area contributed by atoms with Gasteiger partial charge in [-0.25, -0.2) is 5.48 Å². The van der Waals surface area contributed by atoms with Crippen LogP contribution in [0.1, 0.15) is 27.4 Å². The van der Waals surface area contributed by atoms with Crippen molar-refractivity contribution in [2.24, 2.45) is 0 Å². The molecule has 2 amide bonds. The number of benzene rings is 3. The normalized spacial score (nSPS) is 12.0. The number of anilines is 1. The largest absolute Gasteiger partial charge is 0.573 e. The van der Waals surface area contributed by atoms with Crippen LogP contribution in [0.15, 0.2) is 78.9 Å². The SMILES string of the molecule is O=C(Nc1cccc(C(C(=O)NO)c2ccccc2)c1)c1ccc(OC(F)(F)F)cc1. The third-order valence-corrected chi connectivity index (χ3v) is 4.33. The molecule has 9 heteroatoms. The maximum atomic E-state index is 12.5. The van der Waals surface area contributed by atoms with Crippen molar-refractivity contribution < 1.29 is 32.7 Å². The molecule has 0 heterocycles. The highest BCUT2D eigenvalue weighted by molar-refractivity contribution is 6.04. The third-order valence-electron chi connectivity index (χ3n) is 4.33. The molecule has 0 saturated carbocycles. The summed E-state index contributed by atoms with van der Waals surface area (Å²) in [5.41, 5.74) is 3.29. The Morgan fingerprint density at radius 2 is 1.52 bits per heavy atom. The molecule has 0 radical (unpaired) electrons. The molecule has 160 valence electrons. The number of ether oxygens (including phenoxy) is 1. The Morgan fingerprint density at radius 1 is 0.871 bits per heavy atom. The second-order valence-electron chi connectivity index (χ2n) is 6.47. The average Bonchev–Trinajstić information content (AvgIpc) is 2.74. The maximum Gasteiger partial charge on any atom is 0.573 e. The first kappa shape index (κ1) is 21.8. The first-order valence-corrected chi connectivity index (χ1v) is 9.03. The number of hydrogen-bond donors (Lipinski definition) is 3. The van der Waals surface area contributed by atoms with Gasteiger partial charge in [0.05, 0.1) is 5.92 Å². The Labute approximate surface area is 175 Å². The van der Waals surface area contributed by atoms with E-state index in [9.17, 15) is 22.8 Å². The van der Waals surface area contributed by atoms with E-state index in [1.807, 2.05) is 0 Å². The van der Waals surface area contributed by atoms with E-state index in [0.29, 0.717) is 16.8 Å². The molecule has 3 aromatic carbocycles. The minimum atomic E-state index is -4.82. The molecule has 3 rings (SSSR count). The van der Waals surface area contributed by atoms with Gasteiger partial charge in [-0.1, -0.05) is 42.5 Å². The molecule has 1 atom stereocenters. The third kappa shape index (κ3) is 5.83. The molecule has 0 spiro atoms. The zero-order valence-electron chi connectivity index (χ0n) is 15.9. The van der Waals surface area contributed by atoms with Crippen LogP contribution >= 0.6 is 0 Å². The van der Waals surface area contributed by atoms with Crippen LogP contribution in [0.25, 0.3) is 0 Å². The number of hydroxylamine groups is 1. The minimum absolute atomic E-state index is 0.118. The monoisotopic (exact) mass is 430 g/mol. The molecule has 0 bridgehead atoms. The number of amides is 2. The second kappa shape index (κ2) is 9.31. The molecule has 0 aliphatic heterocycles. The van der Waals surface area contributed by atoms with Crippen LogP contribution in [-0.4, -0.2) is 23.4 Å². The van der Waals surface area contributed by atoms with Gasteiger partial charge in [0.15, 0.2) is 0 Å². The average molecular weight is 430 g/mol. The fourth-order valence-electron chi connectivity index (χ4n) is 3.01. The first-order valence-electron chi connectivity index (χ1n) is 9.03. The quantitative estimate of drug-likeness (QED) is 0.398. The number of halogens is 3. The van der Waals surface area contributed by atoms with E-state index in [1.54, 1.807) is 60.1 Å². The molecule has 6 nitrogen and oxygen atoms in total. The second-order valence-corrected chi connectivity index (χ2v) is 6.47. The predicted molar refractivity (Wildman–Crippen MR) is 106 cm³/mol. The van der Waals surface area contributed by atoms with E-state index in [1.165, 1.54) is 12.1 Å². The van der Waals surface area contributed by atoms with Crippen LogP contribution in [0.4, 0.5) is 18.9 Å². The van der Waals surface area contributed by atoms with Crippen LogP contribution in [0.5, 0.6) is 5.75 Å². The Hall–Kier alpha value is -3.85. The standard InChI is InChI=1S/C22H17F3N2O4/c23-22(24,25)31-18-11-9-15(10-12-18)20(28)26-17-8-4-7-16(13-17)19(21(29)27-30)14-5-2-1-3-6-14/h1-13,19,30H,(H,26,28)(H,27,29). The minimum Gasteiger partial charge on any atom is -0.406 e. The lowest BCUT2D eigenvalue weighted by Crippen LogP contribution is -2.27. The summed E-state index contributed by atoms with van der Waals surface area (Å²) in [6.07, 6.45) is -4.82. The topological polar surface area (TPSA) is 87.7 Å². The summed E-state index contributed by atoms with van der Waals surface area (Å²) in [5.74, 6) is -2.46. The number of carbonyl (C=O) groups excluding carboxylic acids is 2. The van der Waals surface area contributed by atoms with Gasteiger partial charge in [-0.2, -0.15) is 0 Å². The molecule has 0 aliphatic carbocycles. The highest BCUT2D eigenvalue weighted by Gasteiger charge is 2.31. The predicted octanol–water partition coefficient (Wildman–Crippen LogP) is 4.47. The van der Waals surface area contributed by atoms with Crippen molar-refractivity contribution in [3.63, 3.8) is 0 Å². The van der Waals surface area contributed by atoms with Gasteiger partial charge in [0.1, 0.15) is 5.75 Å². The van der Waals surface area contributed by atoms with Crippen LogP contribution in [-0.2, 0) is 4.79 Å². The summed E-state index contributed by atoms with van der Waals surface area (Å²) in [7, 11) is 0. The lowest BCUT2D eigenvalue weighted by Gasteiger charge is -2.17. The highest BCUT2D eigenvalue weighted by Crippen LogP contribution is 2.27. The molecule has 0 aromatic heterocycles. The van der Waals surface area contributed by atoms with Gasteiger partial charge >= 0.3 is 6.36 Å². The van der Waals surface area contributed by atoms with E-state index < -0.39 is 29.8 Å². The van der Waals surface area contributed by atoms with Gasteiger partial charge in [-0.05, 0) is 47.5 Å². The van der Waals surface area contributed by atoms with Crippen LogP contribution in [0.2, 0.25) is 0 Å². The summed E-state index contributed by atoms with van der Waals surface area (Å²) >= 11 is 0. The zero-order chi connectivity index (χ0) is 22.4. The Kier molecular flexibility index (Phi) is 6.56. The van der Waals surface area contributed by atoms with E-state index in [-0.39, 0.29) is 5.56 Å². The summed E-state index contributed by atoms with van der Waals surface area (Å²) in [6, 6.07) is 19.7. The lowest BCUT2D eigenvalue weighted by molar-refractivity contribution is -0.274. The smallest absolute Gasteiger partial charge is 0.406 e. The number of hydrogen-bond acceptors (Lipinski definition) is 4. The molecule has 0 fully saturated rings. The molecule has 1 unspecified atom stereocenters. The van der Waals surface area contributed by atoms with Crippen molar-refractivity contribution in [2.75, 3.05) is 5.32 Å². The molecular formula is C22H17F3N2O4. The summed E-state index contributed by atoms with van der Waals surface area (Å²) in [5, 5.41) is 11.8. The number of rotatable bonds is 6.